The number of amides is 1. The molecular weight excluding hydrogens is 418 g/mol. The summed E-state index contributed by atoms with van der Waals surface area (Å²) in [6.45, 7) is 2.20. The molecule has 0 aliphatic carbocycles. The Balaban J connectivity index is 1.93. The van der Waals surface area contributed by atoms with Crippen LogP contribution in [0.2, 0.25) is 0 Å². The third-order valence-corrected chi connectivity index (χ3v) is 5.05. The molecule has 1 unspecified atom stereocenters. The van der Waals surface area contributed by atoms with Crippen LogP contribution in [-0.2, 0) is 9.59 Å². The van der Waals surface area contributed by atoms with E-state index in [0.717, 1.165) is 17.0 Å². The quantitative estimate of drug-likeness (QED) is 0.365. The normalized spacial score (nSPS) is 17.6. The predicted molar refractivity (Wildman–Crippen MR) is 113 cm³/mol. The van der Waals surface area contributed by atoms with E-state index in [-0.39, 0.29) is 16.8 Å². The number of aliphatic hydroxyl groups excluding tert-OH is 1. The molecule has 162 valence electrons. The lowest BCUT2D eigenvalue weighted by Crippen LogP contribution is -2.30. The lowest BCUT2D eigenvalue weighted by atomic mass is 9.95. The van der Waals surface area contributed by atoms with Crippen LogP contribution in [0.25, 0.3) is 5.76 Å². The highest BCUT2D eigenvalue weighted by atomic mass is 19.1. The van der Waals surface area contributed by atoms with Crippen LogP contribution in [0.1, 0.15) is 24.1 Å². The van der Waals surface area contributed by atoms with Gasteiger partial charge in [0.2, 0.25) is 0 Å². The molecule has 1 fully saturated rings. The van der Waals surface area contributed by atoms with Crippen LogP contribution >= 0.6 is 0 Å². The topological polar surface area (TPSA) is 79.7 Å². The second-order valence-electron chi connectivity index (χ2n) is 7.01. The third-order valence-electron chi connectivity index (χ3n) is 5.05. The largest absolute Gasteiger partial charge is 0.507 e. The lowest BCUT2D eigenvalue weighted by molar-refractivity contribution is -0.132. The van der Waals surface area contributed by atoms with Crippen molar-refractivity contribution in [3.8, 4) is 5.75 Å². The summed E-state index contributed by atoms with van der Waals surface area (Å²) in [5.41, 5.74) is 0.175. The summed E-state index contributed by atoms with van der Waals surface area (Å²) < 4.78 is 33.6. The molecule has 2 heterocycles. The molecule has 1 aliphatic rings. The first-order chi connectivity index (χ1) is 15.4. The zero-order valence-electron chi connectivity index (χ0n) is 17.0. The van der Waals surface area contributed by atoms with Crippen molar-refractivity contribution in [1.29, 1.82) is 0 Å². The standard InChI is InChI=1S/C24H18F2N2O4/c1-2-32-17-5-3-4-15(12-17)22(29)20-21(14-8-10-27-11-9-14)28(24(31)23(20)30)19-7-6-16(25)13-18(19)26/h3-13,21,29H,2H2,1H3/b22-20+. The molecule has 4 rings (SSSR count). The van der Waals surface area contributed by atoms with E-state index in [2.05, 4.69) is 4.98 Å². The molecule has 1 N–H and O–H groups in total. The van der Waals surface area contributed by atoms with Gasteiger partial charge >= 0.3 is 0 Å². The number of carbonyl (C=O) groups excluding carboxylic acids is 2. The number of benzene rings is 2. The van der Waals surface area contributed by atoms with Crippen LogP contribution in [0, 0.1) is 11.6 Å². The Morgan fingerprint density at radius 2 is 1.84 bits per heavy atom. The molecule has 32 heavy (non-hydrogen) atoms. The fourth-order valence-electron chi connectivity index (χ4n) is 3.67. The van der Waals surface area contributed by atoms with E-state index in [9.17, 15) is 23.5 Å². The van der Waals surface area contributed by atoms with Gasteiger partial charge in [-0.2, -0.15) is 0 Å². The Labute approximate surface area is 182 Å². The molecule has 1 atom stereocenters. The molecular formula is C24H18F2N2O4. The minimum Gasteiger partial charge on any atom is -0.507 e. The number of Topliss-reactive ketones (excluding diaryl/α,β-unsaturated/α-hetero) is 1. The van der Waals surface area contributed by atoms with Gasteiger partial charge in [-0.1, -0.05) is 12.1 Å². The summed E-state index contributed by atoms with van der Waals surface area (Å²) in [4.78, 5) is 30.9. The third kappa shape index (κ3) is 3.71. The molecule has 6 nitrogen and oxygen atoms in total. The zero-order chi connectivity index (χ0) is 22.8. The van der Waals surface area contributed by atoms with Crippen molar-refractivity contribution in [3.63, 3.8) is 0 Å². The maximum atomic E-state index is 14.6. The van der Waals surface area contributed by atoms with Gasteiger partial charge in [-0.3, -0.25) is 19.5 Å². The second-order valence-corrected chi connectivity index (χ2v) is 7.01. The van der Waals surface area contributed by atoms with Crippen molar-refractivity contribution < 1.29 is 28.2 Å². The minimum atomic E-state index is -1.14. The Bertz CT molecular complexity index is 1230. The number of anilines is 1. The van der Waals surface area contributed by atoms with Gasteiger partial charge in [-0.05, 0) is 48.9 Å². The molecule has 1 amide bonds. The van der Waals surface area contributed by atoms with E-state index in [4.69, 9.17) is 4.74 Å². The van der Waals surface area contributed by atoms with Crippen molar-refractivity contribution in [2.24, 2.45) is 0 Å². The number of pyridine rings is 1. The molecule has 1 saturated heterocycles. The molecule has 0 spiro atoms. The number of ketones is 1. The molecule has 0 bridgehead atoms. The van der Waals surface area contributed by atoms with Crippen LogP contribution in [0.15, 0.2) is 72.6 Å². The van der Waals surface area contributed by atoms with Crippen LogP contribution in [0.3, 0.4) is 0 Å². The molecule has 1 aliphatic heterocycles. The minimum absolute atomic E-state index is 0.224. The molecule has 1 aromatic heterocycles. The van der Waals surface area contributed by atoms with E-state index in [1.54, 1.807) is 37.3 Å². The molecule has 8 heteroatoms. The summed E-state index contributed by atoms with van der Waals surface area (Å²) in [6, 6.07) is 11.1. The fraction of sp³-hybridized carbons (Fsp3) is 0.125. The van der Waals surface area contributed by atoms with Gasteiger partial charge in [-0.25, -0.2) is 8.78 Å². The number of hydrogen-bond acceptors (Lipinski definition) is 5. The van der Waals surface area contributed by atoms with Crippen molar-refractivity contribution in [2.45, 2.75) is 13.0 Å². The highest BCUT2D eigenvalue weighted by Crippen LogP contribution is 2.43. The van der Waals surface area contributed by atoms with Crippen LogP contribution < -0.4 is 9.64 Å². The summed E-state index contributed by atoms with van der Waals surface area (Å²) >= 11 is 0. The average molecular weight is 436 g/mol. The first-order valence-corrected chi connectivity index (χ1v) is 9.81. The number of aliphatic hydroxyl groups is 1. The molecule has 0 saturated carbocycles. The van der Waals surface area contributed by atoms with Gasteiger partial charge in [0.05, 0.1) is 23.9 Å². The van der Waals surface area contributed by atoms with Gasteiger partial charge in [0.25, 0.3) is 11.7 Å². The van der Waals surface area contributed by atoms with E-state index in [0.29, 0.717) is 24.0 Å². The van der Waals surface area contributed by atoms with Gasteiger partial charge in [0.1, 0.15) is 23.1 Å². The maximum Gasteiger partial charge on any atom is 0.300 e. The number of nitrogens with zero attached hydrogens (tertiary/aromatic N) is 2. The average Bonchev–Trinajstić information content (AvgIpc) is 3.05. The van der Waals surface area contributed by atoms with Crippen LogP contribution in [0.4, 0.5) is 14.5 Å². The predicted octanol–water partition coefficient (Wildman–Crippen LogP) is 4.38. The fourth-order valence-corrected chi connectivity index (χ4v) is 3.67. The Morgan fingerprint density at radius 1 is 1.09 bits per heavy atom. The van der Waals surface area contributed by atoms with E-state index in [1.807, 2.05) is 0 Å². The van der Waals surface area contributed by atoms with Gasteiger partial charge in [0.15, 0.2) is 0 Å². The number of aromatic nitrogens is 1. The first kappa shape index (κ1) is 21.2. The Kier molecular flexibility index (Phi) is 5.68. The van der Waals surface area contributed by atoms with Gasteiger partial charge in [-0.15, -0.1) is 0 Å². The van der Waals surface area contributed by atoms with Crippen molar-refractivity contribution in [3.05, 3.63) is 95.3 Å². The molecule has 0 radical (unpaired) electrons. The summed E-state index contributed by atoms with van der Waals surface area (Å²) in [6.07, 6.45) is 2.90. The number of rotatable bonds is 5. The number of hydrogen-bond donors (Lipinski definition) is 1. The Morgan fingerprint density at radius 3 is 2.53 bits per heavy atom. The number of halogens is 2. The summed E-state index contributed by atoms with van der Waals surface area (Å²) in [5, 5.41) is 11.1. The van der Waals surface area contributed by atoms with E-state index >= 15 is 0 Å². The van der Waals surface area contributed by atoms with Crippen molar-refractivity contribution >= 4 is 23.1 Å². The Hall–Kier alpha value is -4.07. The zero-order valence-corrected chi connectivity index (χ0v) is 17.0. The van der Waals surface area contributed by atoms with Gasteiger partial charge in [0, 0.05) is 24.0 Å². The highest BCUT2D eigenvalue weighted by molar-refractivity contribution is 6.51. The monoisotopic (exact) mass is 436 g/mol. The van der Waals surface area contributed by atoms with Crippen LogP contribution in [-0.4, -0.2) is 28.4 Å². The number of ether oxygens (including phenoxy) is 1. The number of carbonyl (C=O) groups is 2. The summed E-state index contributed by atoms with van der Waals surface area (Å²) in [7, 11) is 0. The first-order valence-electron chi connectivity index (χ1n) is 9.81. The van der Waals surface area contributed by atoms with Gasteiger partial charge < -0.3 is 9.84 Å². The van der Waals surface area contributed by atoms with Crippen LogP contribution in [0.5, 0.6) is 5.75 Å². The highest BCUT2D eigenvalue weighted by Gasteiger charge is 2.47. The SMILES string of the molecule is CCOc1cccc(/C(O)=C2\C(=O)C(=O)N(c3ccc(F)cc3F)C2c2ccncc2)c1. The van der Waals surface area contributed by atoms with E-state index < -0.39 is 35.1 Å². The summed E-state index contributed by atoms with van der Waals surface area (Å²) in [5.74, 6) is -3.83. The van der Waals surface area contributed by atoms with Crippen molar-refractivity contribution in [1.82, 2.24) is 4.98 Å². The smallest absolute Gasteiger partial charge is 0.300 e. The molecule has 3 aromatic rings. The second kappa shape index (κ2) is 8.58. The lowest BCUT2D eigenvalue weighted by Gasteiger charge is -2.25. The van der Waals surface area contributed by atoms with Crippen molar-refractivity contribution in [2.75, 3.05) is 11.5 Å². The maximum absolute atomic E-state index is 14.6. The van der Waals surface area contributed by atoms with E-state index in [1.165, 1.54) is 18.5 Å². The molecule has 2 aromatic carbocycles.